The molecule has 1 saturated heterocycles. The fraction of sp³-hybridized carbons (Fsp3) is 0.923. The van der Waals surface area contributed by atoms with E-state index in [0.29, 0.717) is 5.41 Å². The second-order valence-electron chi connectivity index (χ2n) is 5.57. The lowest BCUT2D eigenvalue weighted by Crippen LogP contribution is -2.46. The summed E-state index contributed by atoms with van der Waals surface area (Å²) in [6.07, 6.45) is 3.46. The molecule has 0 bridgehead atoms. The minimum absolute atomic E-state index is 0.380. The summed E-state index contributed by atoms with van der Waals surface area (Å²) in [6, 6.07) is 0. The standard InChI is InChI=1S/C13H27N3OS/c1-13(5-8-16(2)9-6-13)11-15-12(18)14-7-4-10-17-3/h4-11H2,1-3H3,(H2,14,15,18). The maximum Gasteiger partial charge on any atom is 0.166 e. The molecule has 4 nitrogen and oxygen atoms in total. The molecule has 0 aromatic carbocycles. The number of piperidine rings is 1. The number of hydrogen-bond donors (Lipinski definition) is 2. The van der Waals surface area contributed by atoms with Gasteiger partial charge in [-0.3, -0.25) is 0 Å². The minimum atomic E-state index is 0.380. The number of thiocarbonyl (C=S) groups is 1. The third-order valence-electron chi connectivity index (χ3n) is 3.68. The van der Waals surface area contributed by atoms with E-state index in [4.69, 9.17) is 17.0 Å². The normalized spacial score (nSPS) is 19.5. The first-order chi connectivity index (χ1) is 8.56. The van der Waals surface area contributed by atoms with E-state index in [1.807, 2.05) is 0 Å². The first-order valence-corrected chi connectivity index (χ1v) is 7.16. The van der Waals surface area contributed by atoms with Gasteiger partial charge in [-0.2, -0.15) is 0 Å². The summed E-state index contributed by atoms with van der Waals surface area (Å²) >= 11 is 5.27. The van der Waals surface area contributed by atoms with Crippen molar-refractivity contribution >= 4 is 17.3 Å². The van der Waals surface area contributed by atoms with Crippen molar-refractivity contribution in [3.05, 3.63) is 0 Å². The van der Waals surface area contributed by atoms with Gasteiger partial charge < -0.3 is 20.3 Å². The second-order valence-corrected chi connectivity index (χ2v) is 5.98. The molecule has 0 saturated carbocycles. The summed E-state index contributed by atoms with van der Waals surface area (Å²) in [6.45, 7) is 7.34. The van der Waals surface area contributed by atoms with E-state index < -0.39 is 0 Å². The molecule has 106 valence electrons. The smallest absolute Gasteiger partial charge is 0.166 e. The third kappa shape index (κ3) is 5.98. The molecule has 5 heteroatoms. The molecule has 0 aliphatic carbocycles. The van der Waals surface area contributed by atoms with Crippen molar-refractivity contribution in [3.8, 4) is 0 Å². The van der Waals surface area contributed by atoms with Gasteiger partial charge in [-0.25, -0.2) is 0 Å². The van der Waals surface area contributed by atoms with Crippen LogP contribution in [0.15, 0.2) is 0 Å². The molecule has 1 aliphatic rings. The van der Waals surface area contributed by atoms with Crippen LogP contribution in [0.5, 0.6) is 0 Å². The molecule has 1 aliphatic heterocycles. The summed E-state index contributed by atoms with van der Waals surface area (Å²) < 4.78 is 5.00. The first kappa shape index (κ1) is 15.7. The van der Waals surface area contributed by atoms with Gasteiger partial charge in [-0.15, -0.1) is 0 Å². The Hall–Kier alpha value is -0.390. The third-order valence-corrected chi connectivity index (χ3v) is 3.97. The SMILES string of the molecule is COCCCNC(=S)NCC1(C)CCN(C)CC1. The molecular formula is C13H27N3OS. The lowest BCUT2D eigenvalue weighted by Gasteiger charge is -2.38. The van der Waals surface area contributed by atoms with E-state index in [0.717, 1.165) is 31.2 Å². The van der Waals surface area contributed by atoms with Crippen molar-refractivity contribution < 1.29 is 4.74 Å². The second kappa shape index (κ2) is 7.92. The maximum atomic E-state index is 5.27. The van der Waals surface area contributed by atoms with Gasteiger partial charge in [0.25, 0.3) is 0 Å². The molecule has 0 spiro atoms. The fourth-order valence-corrected chi connectivity index (χ4v) is 2.28. The van der Waals surface area contributed by atoms with E-state index in [9.17, 15) is 0 Å². The molecule has 0 amide bonds. The van der Waals surface area contributed by atoms with Gasteiger partial charge in [-0.1, -0.05) is 6.92 Å². The number of ether oxygens (including phenoxy) is 1. The van der Waals surface area contributed by atoms with Gasteiger partial charge in [0.1, 0.15) is 0 Å². The molecular weight excluding hydrogens is 246 g/mol. The van der Waals surface area contributed by atoms with Crippen LogP contribution in [0.1, 0.15) is 26.2 Å². The number of likely N-dealkylation sites (tertiary alicyclic amines) is 1. The van der Waals surface area contributed by atoms with Crippen LogP contribution in [0, 0.1) is 5.41 Å². The van der Waals surface area contributed by atoms with Crippen molar-refractivity contribution in [3.63, 3.8) is 0 Å². The number of rotatable bonds is 6. The Morgan fingerprint density at radius 2 is 2.00 bits per heavy atom. The molecule has 2 N–H and O–H groups in total. The fourth-order valence-electron chi connectivity index (χ4n) is 2.11. The van der Waals surface area contributed by atoms with E-state index >= 15 is 0 Å². The summed E-state index contributed by atoms with van der Waals surface area (Å²) in [4.78, 5) is 2.39. The quantitative estimate of drug-likeness (QED) is 0.562. The van der Waals surface area contributed by atoms with Gasteiger partial charge in [0, 0.05) is 26.8 Å². The molecule has 18 heavy (non-hydrogen) atoms. The van der Waals surface area contributed by atoms with Crippen LogP contribution < -0.4 is 10.6 Å². The number of hydrogen-bond acceptors (Lipinski definition) is 3. The number of nitrogens with zero attached hydrogens (tertiary/aromatic N) is 1. The van der Waals surface area contributed by atoms with Crippen LogP contribution in [0.4, 0.5) is 0 Å². The van der Waals surface area contributed by atoms with Crippen molar-refractivity contribution in [2.24, 2.45) is 5.41 Å². The molecule has 1 heterocycles. The highest BCUT2D eigenvalue weighted by Gasteiger charge is 2.28. The van der Waals surface area contributed by atoms with Gasteiger partial charge in [-0.05, 0) is 57.0 Å². The van der Waals surface area contributed by atoms with Crippen LogP contribution in [0.3, 0.4) is 0 Å². The van der Waals surface area contributed by atoms with E-state index in [-0.39, 0.29) is 0 Å². The molecule has 0 atom stereocenters. The minimum Gasteiger partial charge on any atom is -0.385 e. The average molecular weight is 273 g/mol. The van der Waals surface area contributed by atoms with Crippen molar-refractivity contribution in [2.45, 2.75) is 26.2 Å². The summed E-state index contributed by atoms with van der Waals surface area (Å²) in [5, 5.41) is 7.33. The predicted molar refractivity (Wildman–Crippen MR) is 79.9 cm³/mol. The Morgan fingerprint density at radius 3 is 2.61 bits per heavy atom. The summed E-state index contributed by atoms with van der Waals surface area (Å²) in [5.41, 5.74) is 0.380. The molecule has 1 fully saturated rings. The Kier molecular flexibility index (Phi) is 6.89. The lowest BCUT2D eigenvalue weighted by molar-refractivity contribution is 0.142. The van der Waals surface area contributed by atoms with Gasteiger partial charge in [0.15, 0.2) is 5.11 Å². The summed E-state index contributed by atoms with van der Waals surface area (Å²) in [5.74, 6) is 0. The molecule has 0 aromatic heterocycles. The number of methoxy groups -OCH3 is 1. The van der Waals surface area contributed by atoms with E-state index in [1.165, 1.54) is 25.9 Å². The maximum absolute atomic E-state index is 5.27. The van der Waals surface area contributed by atoms with Gasteiger partial charge in [0.05, 0.1) is 0 Å². The summed E-state index contributed by atoms with van der Waals surface area (Å²) in [7, 11) is 3.91. The zero-order valence-electron chi connectivity index (χ0n) is 11.9. The van der Waals surface area contributed by atoms with Gasteiger partial charge >= 0.3 is 0 Å². The highest BCUT2D eigenvalue weighted by atomic mass is 32.1. The largest absolute Gasteiger partial charge is 0.385 e. The van der Waals surface area contributed by atoms with Crippen molar-refractivity contribution in [2.75, 3.05) is 46.9 Å². The van der Waals surface area contributed by atoms with Crippen molar-refractivity contribution in [1.29, 1.82) is 0 Å². The van der Waals surface area contributed by atoms with E-state index in [1.54, 1.807) is 7.11 Å². The predicted octanol–water partition coefficient (Wildman–Crippen LogP) is 1.22. The highest BCUT2D eigenvalue weighted by Crippen LogP contribution is 2.29. The Morgan fingerprint density at radius 1 is 1.33 bits per heavy atom. The number of nitrogens with one attached hydrogen (secondary N) is 2. The van der Waals surface area contributed by atoms with E-state index in [2.05, 4.69) is 29.5 Å². The zero-order chi connectivity index (χ0) is 13.4. The van der Waals surface area contributed by atoms with Crippen LogP contribution in [0.2, 0.25) is 0 Å². The van der Waals surface area contributed by atoms with Gasteiger partial charge in [0.2, 0.25) is 0 Å². The Labute approximate surface area is 116 Å². The monoisotopic (exact) mass is 273 g/mol. The molecule has 0 aromatic rings. The highest BCUT2D eigenvalue weighted by molar-refractivity contribution is 7.80. The van der Waals surface area contributed by atoms with Crippen LogP contribution in [-0.4, -0.2) is 57.0 Å². The Bertz CT molecular complexity index is 253. The lowest BCUT2D eigenvalue weighted by atomic mass is 9.80. The topological polar surface area (TPSA) is 36.5 Å². The molecule has 0 radical (unpaired) electrons. The Balaban J connectivity index is 2.13. The van der Waals surface area contributed by atoms with Crippen molar-refractivity contribution in [1.82, 2.24) is 15.5 Å². The van der Waals surface area contributed by atoms with Crippen LogP contribution in [-0.2, 0) is 4.74 Å². The molecule has 1 rings (SSSR count). The van der Waals surface area contributed by atoms with Crippen LogP contribution >= 0.6 is 12.2 Å². The average Bonchev–Trinajstić information content (AvgIpc) is 2.36. The zero-order valence-corrected chi connectivity index (χ0v) is 12.7. The van der Waals surface area contributed by atoms with Crippen LogP contribution in [0.25, 0.3) is 0 Å². The first-order valence-electron chi connectivity index (χ1n) is 6.75. The molecule has 0 unspecified atom stereocenters.